The van der Waals surface area contributed by atoms with Crippen LogP contribution in [0.4, 0.5) is 0 Å². The molecule has 0 unspecified atom stereocenters. The first-order chi connectivity index (χ1) is 10.8. The maximum Gasteiger partial charge on any atom is 0.119 e. The van der Waals surface area contributed by atoms with Gasteiger partial charge >= 0.3 is 0 Å². The average Bonchev–Trinajstić information content (AvgIpc) is 2.58. The summed E-state index contributed by atoms with van der Waals surface area (Å²) in [4.78, 5) is 0. The van der Waals surface area contributed by atoms with Crippen molar-refractivity contribution in [1.29, 1.82) is 5.26 Å². The van der Waals surface area contributed by atoms with E-state index in [0.29, 0.717) is 12.2 Å². The molecule has 0 bridgehead atoms. The second-order valence-electron chi connectivity index (χ2n) is 4.87. The molecular weight excluding hydrogens is 276 g/mol. The molecule has 0 saturated carbocycles. The molecule has 1 N–H and O–H groups in total. The minimum Gasteiger partial charge on any atom is -0.497 e. The van der Waals surface area contributed by atoms with Crippen molar-refractivity contribution in [1.82, 2.24) is 5.32 Å². The van der Waals surface area contributed by atoms with Crippen LogP contribution in [0, 0.1) is 11.3 Å². The Hall–Kier alpha value is -2.51. The van der Waals surface area contributed by atoms with E-state index < -0.39 is 0 Å². The first-order valence-corrected chi connectivity index (χ1v) is 7.28. The van der Waals surface area contributed by atoms with Crippen molar-refractivity contribution in [3.63, 3.8) is 0 Å². The van der Waals surface area contributed by atoms with E-state index in [-0.39, 0.29) is 0 Å². The normalized spacial score (nSPS) is 10.0. The lowest BCUT2D eigenvalue weighted by Gasteiger charge is -2.08. The van der Waals surface area contributed by atoms with Crippen molar-refractivity contribution in [2.45, 2.75) is 13.0 Å². The molecule has 114 valence electrons. The minimum absolute atomic E-state index is 0.664. The van der Waals surface area contributed by atoms with Gasteiger partial charge in [0, 0.05) is 6.54 Å². The van der Waals surface area contributed by atoms with Gasteiger partial charge in [0.15, 0.2) is 0 Å². The lowest BCUT2D eigenvalue weighted by Crippen LogP contribution is -2.17. The Morgan fingerprint density at radius 2 is 1.86 bits per heavy atom. The third-order valence-corrected chi connectivity index (χ3v) is 3.21. The zero-order chi connectivity index (χ0) is 15.6. The van der Waals surface area contributed by atoms with Gasteiger partial charge in [0.2, 0.25) is 0 Å². The SMILES string of the molecule is COc1ccc(OCCCNCc2cccc(C#N)c2)cc1. The fraction of sp³-hybridized carbons (Fsp3) is 0.278. The van der Waals surface area contributed by atoms with Gasteiger partial charge in [0.25, 0.3) is 0 Å². The molecule has 0 fully saturated rings. The summed E-state index contributed by atoms with van der Waals surface area (Å²) < 4.78 is 10.8. The van der Waals surface area contributed by atoms with Crippen molar-refractivity contribution in [2.75, 3.05) is 20.3 Å². The Morgan fingerprint density at radius 1 is 1.09 bits per heavy atom. The Labute approximate surface area is 131 Å². The van der Waals surface area contributed by atoms with Gasteiger partial charge in [-0.2, -0.15) is 5.26 Å². The summed E-state index contributed by atoms with van der Waals surface area (Å²) in [5, 5.41) is 12.2. The van der Waals surface area contributed by atoms with E-state index >= 15 is 0 Å². The molecule has 0 aromatic heterocycles. The Bertz CT molecular complexity index is 618. The smallest absolute Gasteiger partial charge is 0.119 e. The number of nitrogens with zero attached hydrogens (tertiary/aromatic N) is 1. The van der Waals surface area contributed by atoms with E-state index in [4.69, 9.17) is 14.7 Å². The summed E-state index contributed by atoms with van der Waals surface area (Å²) in [6, 6.07) is 17.4. The predicted molar refractivity (Wildman–Crippen MR) is 86.0 cm³/mol. The Kier molecular flexibility index (Phi) is 6.28. The highest BCUT2D eigenvalue weighted by molar-refractivity contribution is 5.32. The second kappa shape index (κ2) is 8.71. The van der Waals surface area contributed by atoms with E-state index in [0.717, 1.165) is 36.6 Å². The molecule has 2 aromatic carbocycles. The molecule has 0 heterocycles. The molecule has 0 spiro atoms. The molecule has 0 radical (unpaired) electrons. The third-order valence-electron chi connectivity index (χ3n) is 3.21. The molecule has 0 amide bonds. The monoisotopic (exact) mass is 296 g/mol. The molecule has 22 heavy (non-hydrogen) atoms. The molecule has 4 heteroatoms. The summed E-state index contributed by atoms with van der Waals surface area (Å²) >= 11 is 0. The van der Waals surface area contributed by atoms with Crippen molar-refractivity contribution >= 4 is 0 Å². The summed E-state index contributed by atoms with van der Waals surface area (Å²) in [6.07, 6.45) is 0.921. The maximum absolute atomic E-state index is 8.85. The van der Waals surface area contributed by atoms with Crippen LogP contribution in [0.1, 0.15) is 17.5 Å². The van der Waals surface area contributed by atoms with Gasteiger partial charge in [-0.1, -0.05) is 12.1 Å². The minimum atomic E-state index is 0.664. The molecule has 0 aliphatic heterocycles. The molecule has 0 aliphatic carbocycles. The van der Waals surface area contributed by atoms with Crippen LogP contribution in [0.25, 0.3) is 0 Å². The van der Waals surface area contributed by atoms with Crippen molar-refractivity contribution in [2.24, 2.45) is 0 Å². The van der Waals surface area contributed by atoms with Gasteiger partial charge in [-0.15, -0.1) is 0 Å². The molecule has 0 aliphatic rings. The number of rotatable bonds is 8. The van der Waals surface area contributed by atoms with Crippen LogP contribution >= 0.6 is 0 Å². The topological polar surface area (TPSA) is 54.3 Å². The second-order valence-corrected chi connectivity index (χ2v) is 4.87. The van der Waals surface area contributed by atoms with E-state index in [1.165, 1.54) is 0 Å². The number of nitriles is 1. The fourth-order valence-corrected chi connectivity index (χ4v) is 2.04. The van der Waals surface area contributed by atoms with E-state index in [2.05, 4.69) is 11.4 Å². The predicted octanol–water partition coefficient (Wildman–Crippen LogP) is 3.13. The average molecular weight is 296 g/mol. The lowest BCUT2D eigenvalue weighted by atomic mass is 10.1. The molecule has 2 aromatic rings. The lowest BCUT2D eigenvalue weighted by molar-refractivity contribution is 0.307. The van der Waals surface area contributed by atoms with E-state index in [1.807, 2.05) is 48.5 Å². The number of nitrogens with one attached hydrogen (secondary N) is 1. The first-order valence-electron chi connectivity index (χ1n) is 7.28. The van der Waals surface area contributed by atoms with Gasteiger partial charge in [0.1, 0.15) is 11.5 Å². The summed E-state index contributed by atoms with van der Waals surface area (Å²) in [6.45, 7) is 2.29. The van der Waals surface area contributed by atoms with Crippen LogP contribution in [0.5, 0.6) is 11.5 Å². The van der Waals surface area contributed by atoms with Crippen LogP contribution in [0.15, 0.2) is 48.5 Å². The largest absolute Gasteiger partial charge is 0.497 e. The highest BCUT2D eigenvalue weighted by Gasteiger charge is 1.97. The fourth-order valence-electron chi connectivity index (χ4n) is 2.04. The van der Waals surface area contributed by atoms with Crippen LogP contribution in [0.3, 0.4) is 0 Å². The summed E-state index contributed by atoms with van der Waals surface area (Å²) in [5.41, 5.74) is 1.82. The molecule has 0 saturated heterocycles. The maximum atomic E-state index is 8.85. The quantitative estimate of drug-likeness (QED) is 0.760. The summed E-state index contributed by atoms with van der Waals surface area (Å²) in [7, 11) is 1.65. The Balaban J connectivity index is 1.61. The van der Waals surface area contributed by atoms with Gasteiger partial charge in [-0.25, -0.2) is 0 Å². The number of benzene rings is 2. The van der Waals surface area contributed by atoms with E-state index in [9.17, 15) is 0 Å². The molecule has 4 nitrogen and oxygen atoms in total. The number of hydrogen-bond donors (Lipinski definition) is 1. The van der Waals surface area contributed by atoms with Gasteiger partial charge in [0.05, 0.1) is 25.3 Å². The number of hydrogen-bond acceptors (Lipinski definition) is 4. The van der Waals surface area contributed by atoms with Crippen LogP contribution in [-0.2, 0) is 6.54 Å². The molecule has 0 atom stereocenters. The first kappa shape index (κ1) is 15.9. The van der Waals surface area contributed by atoms with Crippen LogP contribution < -0.4 is 14.8 Å². The number of methoxy groups -OCH3 is 1. The molecule has 2 rings (SSSR count). The van der Waals surface area contributed by atoms with Gasteiger partial charge in [-0.05, 0) is 54.9 Å². The number of ether oxygens (including phenoxy) is 2. The van der Waals surface area contributed by atoms with Gasteiger partial charge in [-0.3, -0.25) is 0 Å². The highest BCUT2D eigenvalue weighted by atomic mass is 16.5. The molecular formula is C18H20N2O2. The highest BCUT2D eigenvalue weighted by Crippen LogP contribution is 2.16. The van der Waals surface area contributed by atoms with Gasteiger partial charge < -0.3 is 14.8 Å². The van der Waals surface area contributed by atoms with Crippen molar-refractivity contribution in [3.05, 3.63) is 59.7 Å². The zero-order valence-corrected chi connectivity index (χ0v) is 12.7. The summed E-state index contributed by atoms with van der Waals surface area (Å²) in [5.74, 6) is 1.68. The van der Waals surface area contributed by atoms with Crippen molar-refractivity contribution < 1.29 is 9.47 Å². The van der Waals surface area contributed by atoms with E-state index in [1.54, 1.807) is 7.11 Å². The zero-order valence-electron chi connectivity index (χ0n) is 12.7. The Morgan fingerprint density at radius 3 is 2.59 bits per heavy atom. The van der Waals surface area contributed by atoms with Crippen molar-refractivity contribution in [3.8, 4) is 17.6 Å². The van der Waals surface area contributed by atoms with Crippen LogP contribution in [0.2, 0.25) is 0 Å². The third kappa shape index (κ3) is 5.12. The van der Waals surface area contributed by atoms with Crippen LogP contribution in [-0.4, -0.2) is 20.3 Å². The standard InChI is InChI=1S/C18H20N2O2/c1-21-17-6-8-18(9-7-17)22-11-3-10-20-14-16-5-2-4-15(12-16)13-19/h2,4-9,12,20H,3,10-11,14H2,1H3.